The number of rotatable bonds is 2. The predicted octanol–water partition coefficient (Wildman–Crippen LogP) is 3.54. The second-order valence-electron chi connectivity index (χ2n) is 4.34. The quantitative estimate of drug-likeness (QED) is 0.919. The third-order valence-electron chi connectivity index (χ3n) is 2.84. The fourth-order valence-corrected chi connectivity index (χ4v) is 1.72. The third kappa shape index (κ3) is 3.03. The van der Waals surface area contributed by atoms with Crippen molar-refractivity contribution in [2.75, 3.05) is 5.32 Å². The highest BCUT2D eigenvalue weighted by atomic mass is 19.1. The van der Waals surface area contributed by atoms with Crippen molar-refractivity contribution in [3.63, 3.8) is 0 Å². The molecule has 2 rings (SSSR count). The van der Waals surface area contributed by atoms with Crippen molar-refractivity contribution >= 4 is 11.6 Å². The van der Waals surface area contributed by atoms with Crippen molar-refractivity contribution in [2.45, 2.75) is 6.92 Å². The molecule has 0 fully saturated rings. The topological polar surface area (TPSA) is 52.9 Å². The third-order valence-corrected chi connectivity index (χ3v) is 2.84. The Morgan fingerprint density at radius 2 is 1.81 bits per heavy atom. The second kappa shape index (κ2) is 5.67. The lowest BCUT2D eigenvalue weighted by Gasteiger charge is -2.08. The first-order valence-electron chi connectivity index (χ1n) is 5.89. The second-order valence-corrected chi connectivity index (χ2v) is 4.34. The average molecular weight is 290 g/mol. The van der Waals surface area contributed by atoms with Crippen LogP contribution in [-0.2, 0) is 0 Å². The lowest BCUT2D eigenvalue weighted by atomic mass is 10.1. The van der Waals surface area contributed by atoms with E-state index in [9.17, 15) is 18.0 Å². The van der Waals surface area contributed by atoms with Crippen LogP contribution in [0.4, 0.5) is 18.9 Å². The zero-order valence-corrected chi connectivity index (χ0v) is 10.9. The van der Waals surface area contributed by atoms with E-state index in [4.69, 9.17) is 5.26 Å². The smallest absolute Gasteiger partial charge is 0.258 e. The number of benzene rings is 2. The van der Waals surface area contributed by atoms with Crippen molar-refractivity contribution in [1.29, 1.82) is 5.26 Å². The predicted molar refractivity (Wildman–Crippen MR) is 70.2 cm³/mol. The van der Waals surface area contributed by atoms with Gasteiger partial charge in [0.05, 0.1) is 11.1 Å². The molecule has 0 bridgehead atoms. The molecule has 0 unspecified atom stereocenters. The van der Waals surface area contributed by atoms with Crippen molar-refractivity contribution in [1.82, 2.24) is 0 Å². The molecule has 3 nitrogen and oxygen atoms in total. The summed E-state index contributed by atoms with van der Waals surface area (Å²) in [5.74, 6) is -3.29. The Hall–Kier alpha value is -2.81. The van der Waals surface area contributed by atoms with Gasteiger partial charge in [0.25, 0.3) is 5.91 Å². The minimum atomic E-state index is -1.00. The fourth-order valence-electron chi connectivity index (χ4n) is 1.72. The molecule has 0 spiro atoms. The number of halogens is 3. The van der Waals surface area contributed by atoms with Crippen molar-refractivity contribution in [3.8, 4) is 6.07 Å². The minimum absolute atomic E-state index is 0.123. The molecule has 1 amide bonds. The number of nitrogens with zero attached hydrogens (tertiary/aromatic N) is 1. The number of hydrogen-bond donors (Lipinski definition) is 1. The van der Waals surface area contributed by atoms with E-state index in [0.29, 0.717) is 6.07 Å². The van der Waals surface area contributed by atoms with Crippen LogP contribution in [0.3, 0.4) is 0 Å². The van der Waals surface area contributed by atoms with Crippen LogP contribution in [0.25, 0.3) is 0 Å². The number of anilines is 1. The number of hydrogen-bond acceptors (Lipinski definition) is 2. The Balaban J connectivity index is 2.31. The maximum Gasteiger partial charge on any atom is 0.258 e. The first-order valence-corrected chi connectivity index (χ1v) is 5.89. The molecule has 2 aromatic rings. The summed E-state index contributed by atoms with van der Waals surface area (Å²) in [4.78, 5) is 11.9. The molecule has 1 N–H and O–H groups in total. The van der Waals surface area contributed by atoms with Crippen LogP contribution in [0.15, 0.2) is 30.3 Å². The first kappa shape index (κ1) is 14.6. The van der Waals surface area contributed by atoms with Gasteiger partial charge in [-0.2, -0.15) is 5.26 Å². The molecule has 6 heteroatoms. The lowest BCUT2D eigenvalue weighted by Crippen LogP contribution is -2.14. The van der Waals surface area contributed by atoms with Gasteiger partial charge in [-0.05, 0) is 36.8 Å². The first-order chi connectivity index (χ1) is 9.92. The molecule has 2 aromatic carbocycles. The zero-order chi connectivity index (χ0) is 15.6. The van der Waals surface area contributed by atoms with E-state index in [1.54, 1.807) is 6.07 Å². The highest BCUT2D eigenvalue weighted by Gasteiger charge is 2.15. The van der Waals surface area contributed by atoms with Crippen LogP contribution in [-0.4, -0.2) is 5.91 Å². The Morgan fingerprint density at radius 3 is 2.48 bits per heavy atom. The molecule has 0 aliphatic rings. The van der Waals surface area contributed by atoms with E-state index < -0.39 is 23.4 Å². The van der Waals surface area contributed by atoms with Gasteiger partial charge in [0, 0.05) is 11.8 Å². The molecule has 21 heavy (non-hydrogen) atoms. The molecular weight excluding hydrogens is 281 g/mol. The van der Waals surface area contributed by atoms with E-state index in [2.05, 4.69) is 5.32 Å². The molecule has 0 aliphatic carbocycles. The maximum absolute atomic E-state index is 13.6. The summed E-state index contributed by atoms with van der Waals surface area (Å²) in [5.41, 5.74) is -0.321. The summed E-state index contributed by atoms with van der Waals surface area (Å²) in [5, 5.41) is 11.0. The average Bonchev–Trinajstić information content (AvgIpc) is 2.44. The van der Waals surface area contributed by atoms with Gasteiger partial charge in [0.2, 0.25) is 0 Å². The highest BCUT2D eigenvalue weighted by Crippen LogP contribution is 2.18. The van der Waals surface area contributed by atoms with Gasteiger partial charge in [0.1, 0.15) is 23.5 Å². The number of amides is 1. The molecule has 0 atom stereocenters. The largest absolute Gasteiger partial charge is 0.322 e. The molecule has 0 aromatic heterocycles. The molecule has 0 saturated heterocycles. The normalized spacial score (nSPS) is 10.0. The Kier molecular flexibility index (Phi) is 3.94. The zero-order valence-electron chi connectivity index (χ0n) is 10.9. The van der Waals surface area contributed by atoms with Gasteiger partial charge in [-0.25, -0.2) is 13.2 Å². The van der Waals surface area contributed by atoms with Crippen LogP contribution < -0.4 is 5.32 Å². The summed E-state index contributed by atoms with van der Waals surface area (Å²) in [7, 11) is 0. The number of nitrogens with one attached hydrogen (secondary N) is 1. The summed E-state index contributed by atoms with van der Waals surface area (Å²) >= 11 is 0. The summed E-state index contributed by atoms with van der Waals surface area (Å²) in [6.07, 6.45) is 0. The van der Waals surface area contributed by atoms with Gasteiger partial charge in [0.15, 0.2) is 0 Å². The molecular formula is C15H9F3N2O. The van der Waals surface area contributed by atoms with E-state index in [1.165, 1.54) is 13.0 Å². The fraction of sp³-hybridized carbons (Fsp3) is 0.0667. The van der Waals surface area contributed by atoms with E-state index in [-0.39, 0.29) is 22.4 Å². The van der Waals surface area contributed by atoms with Crippen LogP contribution in [0.5, 0.6) is 0 Å². The molecule has 0 heterocycles. The lowest BCUT2D eigenvalue weighted by molar-refractivity contribution is 0.102. The maximum atomic E-state index is 13.6. The van der Waals surface area contributed by atoms with Gasteiger partial charge >= 0.3 is 0 Å². The van der Waals surface area contributed by atoms with Gasteiger partial charge in [-0.1, -0.05) is 0 Å². The van der Waals surface area contributed by atoms with E-state index in [0.717, 1.165) is 18.2 Å². The number of nitriles is 1. The summed E-state index contributed by atoms with van der Waals surface area (Å²) < 4.78 is 39.9. The minimum Gasteiger partial charge on any atom is -0.322 e. The number of carbonyl (C=O) groups excluding carboxylic acids is 1. The molecule has 106 valence electrons. The molecule has 0 saturated carbocycles. The summed E-state index contributed by atoms with van der Waals surface area (Å²) in [6.45, 7) is 1.40. The van der Waals surface area contributed by atoms with Crippen molar-refractivity contribution in [2.24, 2.45) is 0 Å². The Labute approximate surface area is 118 Å². The van der Waals surface area contributed by atoms with Crippen LogP contribution in [0.1, 0.15) is 21.5 Å². The van der Waals surface area contributed by atoms with Crippen LogP contribution in [0.2, 0.25) is 0 Å². The Morgan fingerprint density at radius 1 is 1.10 bits per heavy atom. The summed E-state index contributed by atoms with van der Waals surface area (Å²) in [6, 6.07) is 6.70. The standard InChI is InChI=1S/C15H9F3N2O/c1-8-4-11(14(18)6-13(8)17)15(21)20-10-2-3-12(16)9(5-10)7-19/h2-6H,1H3,(H,20,21). The van der Waals surface area contributed by atoms with E-state index in [1.807, 2.05) is 0 Å². The highest BCUT2D eigenvalue weighted by molar-refractivity contribution is 6.04. The van der Waals surface area contributed by atoms with Crippen LogP contribution in [0, 0.1) is 35.7 Å². The molecule has 0 aliphatic heterocycles. The van der Waals surface area contributed by atoms with Gasteiger partial charge in [-0.15, -0.1) is 0 Å². The van der Waals surface area contributed by atoms with Crippen LogP contribution >= 0.6 is 0 Å². The molecule has 0 radical (unpaired) electrons. The van der Waals surface area contributed by atoms with Crippen molar-refractivity contribution in [3.05, 3.63) is 64.5 Å². The number of aryl methyl sites for hydroxylation is 1. The SMILES string of the molecule is Cc1cc(C(=O)Nc2ccc(F)c(C#N)c2)c(F)cc1F. The van der Waals surface area contributed by atoms with Gasteiger partial charge in [-0.3, -0.25) is 4.79 Å². The van der Waals surface area contributed by atoms with Gasteiger partial charge < -0.3 is 5.32 Å². The Bertz CT molecular complexity index is 766. The van der Waals surface area contributed by atoms with Crippen molar-refractivity contribution < 1.29 is 18.0 Å². The van der Waals surface area contributed by atoms with E-state index >= 15 is 0 Å². The number of carbonyl (C=O) groups is 1. The monoisotopic (exact) mass is 290 g/mol.